The first-order valence-corrected chi connectivity index (χ1v) is 6.00. The van der Waals surface area contributed by atoms with Gasteiger partial charge in [-0.2, -0.15) is 0 Å². The second-order valence-corrected chi connectivity index (χ2v) is 4.16. The lowest BCUT2D eigenvalue weighted by Crippen LogP contribution is -2.15. The van der Waals surface area contributed by atoms with Crippen LogP contribution >= 0.6 is 0 Å². The zero-order valence-electron chi connectivity index (χ0n) is 10.3. The van der Waals surface area contributed by atoms with Gasteiger partial charge in [-0.15, -0.1) is 0 Å². The fraction of sp³-hybridized carbons (Fsp3) is 0.615. The van der Waals surface area contributed by atoms with E-state index in [9.17, 15) is 0 Å². The summed E-state index contributed by atoms with van der Waals surface area (Å²) in [7, 11) is 0. The molecule has 3 nitrogen and oxygen atoms in total. The van der Waals surface area contributed by atoms with Crippen LogP contribution in [0.1, 0.15) is 32.3 Å². The summed E-state index contributed by atoms with van der Waals surface area (Å²) in [6, 6.07) is 4.05. The zero-order valence-corrected chi connectivity index (χ0v) is 10.3. The highest BCUT2D eigenvalue weighted by Gasteiger charge is 1.94. The molecule has 1 heterocycles. The Bertz CT molecular complexity index is 262. The van der Waals surface area contributed by atoms with E-state index in [-0.39, 0.29) is 0 Å². The summed E-state index contributed by atoms with van der Waals surface area (Å²) in [6.07, 6.45) is 6.33. The van der Waals surface area contributed by atoms with Gasteiger partial charge in [0, 0.05) is 25.5 Å². The summed E-state index contributed by atoms with van der Waals surface area (Å²) in [5.74, 6) is 0. The van der Waals surface area contributed by atoms with Crippen molar-refractivity contribution in [2.45, 2.75) is 39.3 Å². The second kappa shape index (κ2) is 8.25. The minimum atomic E-state index is 0.350. The molecule has 0 radical (unpaired) electrons. The van der Waals surface area contributed by atoms with Crippen molar-refractivity contribution in [3.63, 3.8) is 0 Å². The molecule has 3 heteroatoms. The lowest BCUT2D eigenvalue weighted by atomic mass is 10.2. The number of hydrogen-bond donors (Lipinski definition) is 1. The van der Waals surface area contributed by atoms with Gasteiger partial charge in [0.15, 0.2) is 0 Å². The number of hydrogen-bond acceptors (Lipinski definition) is 3. The van der Waals surface area contributed by atoms with Crippen LogP contribution in [0.2, 0.25) is 0 Å². The monoisotopic (exact) mass is 222 g/mol. The number of pyridine rings is 1. The van der Waals surface area contributed by atoms with Gasteiger partial charge in [-0.25, -0.2) is 0 Å². The van der Waals surface area contributed by atoms with Crippen LogP contribution in [-0.4, -0.2) is 24.2 Å². The lowest BCUT2D eigenvalue weighted by molar-refractivity contribution is 0.0760. The minimum Gasteiger partial charge on any atom is -0.379 e. The van der Waals surface area contributed by atoms with E-state index in [0.717, 1.165) is 32.5 Å². The highest BCUT2D eigenvalue weighted by Crippen LogP contribution is 1.96. The number of nitrogens with zero attached hydrogens (tertiary/aromatic N) is 1. The van der Waals surface area contributed by atoms with Crippen molar-refractivity contribution in [2.24, 2.45) is 0 Å². The Kier molecular flexibility index (Phi) is 6.77. The molecular formula is C13H22N2O. The van der Waals surface area contributed by atoms with Gasteiger partial charge in [-0.05, 0) is 44.9 Å². The molecule has 1 aromatic heterocycles. The van der Waals surface area contributed by atoms with Crippen molar-refractivity contribution < 1.29 is 4.74 Å². The van der Waals surface area contributed by atoms with Crippen molar-refractivity contribution in [2.75, 3.05) is 13.2 Å². The molecule has 0 saturated heterocycles. The van der Waals surface area contributed by atoms with E-state index in [4.69, 9.17) is 4.74 Å². The van der Waals surface area contributed by atoms with Crippen molar-refractivity contribution in [1.29, 1.82) is 0 Å². The van der Waals surface area contributed by atoms with Gasteiger partial charge in [0.05, 0.1) is 6.10 Å². The van der Waals surface area contributed by atoms with Crippen LogP contribution in [0.15, 0.2) is 24.5 Å². The molecule has 0 spiro atoms. The van der Waals surface area contributed by atoms with Gasteiger partial charge in [0.2, 0.25) is 0 Å². The van der Waals surface area contributed by atoms with Gasteiger partial charge in [0.1, 0.15) is 0 Å². The Morgan fingerprint density at radius 3 is 2.94 bits per heavy atom. The van der Waals surface area contributed by atoms with Crippen molar-refractivity contribution in [1.82, 2.24) is 10.3 Å². The third kappa shape index (κ3) is 6.53. The lowest BCUT2D eigenvalue weighted by Gasteiger charge is -2.07. The van der Waals surface area contributed by atoms with E-state index in [2.05, 4.69) is 30.2 Å². The molecule has 90 valence electrons. The van der Waals surface area contributed by atoms with E-state index >= 15 is 0 Å². The van der Waals surface area contributed by atoms with Crippen molar-refractivity contribution in [3.8, 4) is 0 Å². The molecule has 0 bridgehead atoms. The first kappa shape index (κ1) is 13.1. The normalized spacial score (nSPS) is 10.9. The summed E-state index contributed by atoms with van der Waals surface area (Å²) < 4.78 is 5.47. The number of ether oxygens (including phenoxy) is 1. The van der Waals surface area contributed by atoms with Gasteiger partial charge in [-0.1, -0.05) is 6.07 Å². The molecule has 0 aromatic carbocycles. The van der Waals surface area contributed by atoms with Crippen LogP contribution < -0.4 is 5.32 Å². The molecule has 0 amide bonds. The largest absolute Gasteiger partial charge is 0.379 e. The van der Waals surface area contributed by atoms with Gasteiger partial charge >= 0.3 is 0 Å². The Labute approximate surface area is 98.2 Å². The van der Waals surface area contributed by atoms with Crippen molar-refractivity contribution >= 4 is 0 Å². The first-order chi connectivity index (χ1) is 7.79. The van der Waals surface area contributed by atoms with E-state index in [1.54, 1.807) is 6.20 Å². The number of nitrogens with one attached hydrogen (secondary N) is 1. The fourth-order valence-electron chi connectivity index (χ4n) is 1.41. The van der Waals surface area contributed by atoms with E-state index in [0.29, 0.717) is 6.10 Å². The number of aromatic nitrogens is 1. The highest BCUT2D eigenvalue weighted by molar-refractivity contribution is 5.07. The topological polar surface area (TPSA) is 34.1 Å². The molecule has 0 unspecified atom stereocenters. The molecule has 0 atom stereocenters. The highest BCUT2D eigenvalue weighted by atomic mass is 16.5. The predicted octanol–water partition coefficient (Wildman–Crippen LogP) is 2.38. The first-order valence-electron chi connectivity index (χ1n) is 6.00. The molecule has 0 aliphatic rings. The van der Waals surface area contributed by atoms with E-state index in [1.807, 2.05) is 12.3 Å². The Morgan fingerprint density at radius 2 is 2.25 bits per heavy atom. The standard InChI is InChI=1S/C13H22N2O/c1-12(2)16-9-4-3-7-14-10-13-6-5-8-15-11-13/h5-6,8,11-12,14H,3-4,7,9-10H2,1-2H3. The summed E-state index contributed by atoms with van der Waals surface area (Å²) in [5.41, 5.74) is 1.24. The molecular weight excluding hydrogens is 200 g/mol. The summed E-state index contributed by atoms with van der Waals surface area (Å²) in [5, 5.41) is 3.39. The van der Waals surface area contributed by atoms with Crippen LogP contribution in [0.25, 0.3) is 0 Å². The Hall–Kier alpha value is -0.930. The van der Waals surface area contributed by atoms with Crippen LogP contribution in [0.4, 0.5) is 0 Å². The summed E-state index contributed by atoms with van der Waals surface area (Å²) >= 11 is 0. The SMILES string of the molecule is CC(C)OCCCCNCc1cccnc1. The quantitative estimate of drug-likeness (QED) is 0.686. The van der Waals surface area contributed by atoms with Crippen LogP contribution in [0.3, 0.4) is 0 Å². The van der Waals surface area contributed by atoms with Crippen LogP contribution in [0, 0.1) is 0 Å². The Balaban J connectivity index is 1.93. The van der Waals surface area contributed by atoms with Crippen LogP contribution in [0.5, 0.6) is 0 Å². The van der Waals surface area contributed by atoms with Crippen molar-refractivity contribution in [3.05, 3.63) is 30.1 Å². The molecule has 0 aliphatic heterocycles. The average molecular weight is 222 g/mol. The maximum Gasteiger partial charge on any atom is 0.0518 e. The molecule has 0 saturated carbocycles. The molecule has 1 N–H and O–H groups in total. The zero-order chi connectivity index (χ0) is 11.6. The molecule has 1 aromatic rings. The molecule has 0 aliphatic carbocycles. The minimum absolute atomic E-state index is 0.350. The maximum atomic E-state index is 5.47. The average Bonchev–Trinajstić information content (AvgIpc) is 2.29. The fourth-order valence-corrected chi connectivity index (χ4v) is 1.41. The second-order valence-electron chi connectivity index (χ2n) is 4.16. The maximum absolute atomic E-state index is 5.47. The predicted molar refractivity (Wildman–Crippen MR) is 66.3 cm³/mol. The van der Waals surface area contributed by atoms with E-state index in [1.165, 1.54) is 5.56 Å². The van der Waals surface area contributed by atoms with Gasteiger partial charge in [0.25, 0.3) is 0 Å². The van der Waals surface area contributed by atoms with Gasteiger partial charge < -0.3 is 10.1 Å². The molecule has 0 fully saturated rings. The van der Waals surface area contributed by atoms with Gasteiger partial charge in [-0.3, -0.25) is 4.98 Å². The third-order valence-electron chi connectivity index (χ3n) is 2.25. The Morgan fingerprint density at radius 1 is 1.38 bits per heavy atom. The third-order valence-corrected chi connectivity index (χ3v) is 2.25. The summed E-state index contributed by atoms with van der Waals surface area (Å²) in [6.45, 7) is 6.95. The number of rotatable bonds is 8. The molecule has 1 rings (SSSR count). The van der Waals surface area contributed by atoms with E-state index < -0.39 is 0 Å². The summed E-state index contributed by atoms with van der Waals surface area (Å²) in [4.78, 5) is 4.07. The van der Waals surface area contributed by atoms with Crippen LogP contribution in [-0.2, 0) is 11.3 Å². The number of unbranched alkanes of at least 4 members (excludes halogenated alkanes) is 1. The molecule has 16 heavy (non-hydrogen) atoms. The smallest absolute Gasteiger partial charge is 0.0518 e.